The first-order valence-corrected chi connectivity index (χ1v) is 7.07. The van der Waals surface area contributed by atoms with Crippen LogP contribution in [0.5, 0.6) is 0 Å². The molecule has 2 rings (SSSR count). The van der Waals surface area contributed by atoms with Crippen molar-refractivity contribution in [2.45, 2.75) is 0 Å². The molecule has 2 amide bonds. The lowest BCUT2D eigenvalue weighted by molar-refractivity contribution is 0.0964. The summed E-state index contributed by atoms with van der Waals surface area (Å²) in [5.74, 6) is -0.469. The van der Waals surface area contributed by atoms with Crippen LogP contribution in [0.15, 0.2) is 48.5 Å². The lowest BCUT2D eigenvalue weighted by Crippen LogP contribution is -2.21. The molecule has 0 saturated heterocycles. The number of anilines is 1. The van der Waals surface area contributed by atoms with Gasteiger partial charge < -0.3 is 10.6 Å². The third kappa shape index (κ3) is 3.36. The van der Waals surface area contributed by atoms with Gasteiger partial charge in [-0.1, -0.05) is 18.2 Å². The zero-order valence-corrected chi connectivity index (χ0v) is 13.0. The van der Waals surface area contributed by atoms with Gasteiger partial charge in [-0.2, -0.15) is 0 Å². The highest BCUT2D eigenvalue weighted by Gasteiger charge is 2.12. The molecule has 0 unspecified atom stereocenters. The molecule has 0 aliphatic carbocycles. The summed E-state index contributed by atoms with van der Waals surface area (Å²) in [6, 6.07) is 14.2. The highest BCUT2D eigenvalue weighted by molar-refractivity contribution is 14.1. The lowest BCUT2D eigenvalue weighted by Gasteiger charge is -2.10. The van der Waals surface area contributed by atoms with Crippen LogP contribution in [0.1, 0.15) is 20.7 Å². The summed E-state index contributed by atoms with van der Waals surface area (Å²) in [5.41, 5.74) is 1.49. The van der Waals surface area contributed by atoms with E-state index >= 15 is 0 Å². The minimum atomic E-state index is -0.236. The van der Waals surface area contributed by atoms with Crippen LogP contribution >= 0.6 is 22.6 Å². The van der Waals surface area contributed by atoms with Gasteiger partial charge in [-0.3, -0.25) is 9.59 Å². The Hall–Kier alpha value is -1.89. The predicted octanol–water partition coefficient (Wildman–Crippen LogP) is 2.90. The zero-order valence-electron chi connectivity index (χ0n) is 10.8. The average Bonchev–Trinajstić information content (AvgIpc) is 2.47. The molecule has 2 aromatic carbocycles. The van der Waals surface area contributed by atoms with Crippen molar-refractivity contribution < 1.29 is 9.59 Å². The van der Waals surface area contributed by atoms with Crippen LogP contribution in [0.2, 0.25) is 0 Å². The normalized spacial score (nSPS) is 9.90. The number of carbonyl (C=O) groups excluding carboxylic acids is 2. The monoisotopic (exact) mass is 380 g/mol. The van der Waals surface area contributed by atoms with E-state index in [1.807, 2.05) is 12.1 Å². The van der Waals surface area contributed by atoms with E-state index in [0.717, 1.165) is 3.57 Å². The van der Waals surface area contributed by atoms with Crippen LogP contribution in [-0.4, -0.2) is 18.9 Å². The second-order valence-corrected chi connectivity index (χ2v) is 5.33. The second kappa shape index (κ2) is 6.51. The first kappa shape index (κ1) is 14.5. The first-order valence-electron chi connectivity index (χ1n) is 6.00. The standard InChI is InChI=1S/C15H13IN2O2/c1-17-15(20)12-7-2-3-8-13(12)18-14(19)10-5-4-6-11(16)9-10/h2-9H,1H3,(H,17,20)(H,18,19). The van der Waals surface area contributed by atoms with Gasteiger partial charge in [0.1, 0.15) is 0 Å². The largest absolute Gasteiger partial charge is 0.355 e. The van der Waals surface area contributed by atoms with Crippen LogP contribution in [0, 0.1) is 3.57 Å². The highest BCUT2D eigenvalue weighted by atomic mass is 127. The Morgan fingerprint density at radius 2 is 1.75 bits per heavy atom. The SMILES string of the molecule is CNC(=O)c1ccccc1NC(=O)c1cccc(I)c1. The third-order valence-electron chi connectivity index (χ3n) is 2.73. The number of carbonyl (C=O) groups is 2. The summed E-state index contributed by atoms with van der Waals surface area (Å²) < 4.78 is 0.981. The molecular formula is C15H13IN2O2. The number of halogens is 1. The molecule has 0 aliphatic rings. The number of benzene rings is 2. The minimum Gasteiger partial charge on any atom is -0.355 e. The lowest BCUT2D eigenvalue weighted by atomic mass is 10.1. The fourth-order valence-electron chi connectivity index (χ4n) is 1.75. The maximum absolute atomic E-state index is 12.2. The number of para-hydroxylation sites is 1. The van der Waals surface area contributed by atoms with E-state index in [0.29, 0.717) is 16.8 Å². The number of hydrogen-bond donors (Lipinski definition) is 2. The van der Waals surface area contributed by atoms with Crippen molar-refractivity contribution in [1.82, 2.24) is 5.32 Å². The smallest absolute Gasteiger partial charge is 0.255 e. The van der Waals surface area contributed by atoms with E-state index in [4.69, 9.17) is 0 Å². The molecule has 0 aliphatic heterocycles. The van der Waals surface area contributed by atoms with E-state index in [1.165, 1.54) is 0 Å². The first-order chi connectivity index (χ1) is 9.61. The summed E-state index contributed by atoms with van der Waals surface area (Å²) in [5, 5.41) is 5.32. The molecule has 0 spiro atoms. The van der Waals surface area contributed by atoms with Gasteiger partial charge in [-0.05, 0) is 52.9 Å². The number of amides is 2. The highest BCUT2D eigenvalue weighted by Crippen LogP contribution is 2.17. The zero-order chi connectivity index (χ0) is 14.5. The molecule has 0 aromatic heterocycles. The van der Waals surface area contributed by atoms with Crippen molar-refractivity contribution in [3.05, 3.63) is 63.2 Å². The number of nitrogens with one attached hydrogen (secondary N) is 2. The van der Waals surface area contributed by atoms with Crippen molar-refractivity contribution >= 4 is 40.1 Å². The Labute approximate surface area is 130 Å². The molecule has 4 nitrogen and oxygen atoms in total. The Balaban J connectivity index is 2.26. The summed E-state index contributed by atoms with van der Waals surface area (Å²) >= 11 is 2.15. The second-order valence-electron chi connectivity index (χ2n) is 4.09. The van der Waals surface area contributed by atoms with Crippen LogP contribution in [0.25, 0.3) is 0 Å². The topological polar surface area (TPSA) is 58.2 Å². The van der Waals surface area contributed by atoms with Gasteiger partial charge >= 0.3 is 0 Å². The molecule has 5 heteroatoms. The van der Waals surface area contributed by atoms with Crippen LogP contribution < -0.4 is 10.6 Å². The van der Waals surface area contributed by atoms with Gasteiger partial charge in [0.2, 0.25) is 0 Å². The van der Waals surface area contributed by atoms with E-state index in [2.05, 4.69) is 33.2 Å². The summed E-state index contributed by atoms with van der Waals surface area (Å²) in [6.45, 7) is 0. The predicted molar refractivity (Wildman–Crippen MR) is 86.9 cm³/mol. The van der Waals surface area contributed by atoms with Gasteiger partial charge in [-0.15, -0.1) is 0 Å². The fraction of sp³-hybridized carbons (Fsp3) is 0.0667. The van der Waals surface area contributed by atoms with Crippen molar-refractivity contribution in [3.63, 3.8) is 0 Å². The van der Waals surface area contributed by atoms with E-state index in [9.17, 15) is 9.59 Å². The Morgan fingerprint density at radius 1 is 1.00 bits per heavy atom. The maximum atomic E-state index is 12.2. The fourth-order valence-corrected chi connectivity index (χ4v) is 2.29. The Kier molecular flexibility index (Phi) is 4.73. The molecular weight excluding hydrogens is 367 g/mol. The Bertz CT molecular complexity index is 656. The van der Waals surface area contributed by atoms with E-state index in [1.54, 1.807) is 43.4 Å². The van der Waals surface area contributed by atoms with Crippen molar-refractivity contribution in [3.8, 4) is 0 Å². The maximum Gasteiger partial charge on any atom is 0.255 e. The molecule has 102 valence electrons. The molecule has 20 heavy (non-hydrogen) atoms. The summed E-state index contributed by atoms with van der Waals surface area (Å²) in [4.78, 5) is 23.9. The molecule has 0 heterocycles. The molecule has 0 atom stereocenters. The van der Waals surface area contributed by atoms with Gasteiger partial charge in [0.05, 0.1) is 11.3 Å². The average molecular weight is 380 g/mol. The Morgan fingerprint density at radius 3 is 2.45 bits per heavy atom. The molecule has 2 aromatic rings. The van der Waals surface area contributed by atoms with E-state index in [-0.39, 0.29) is 11.8 Å². The minimum absolute atomic E-state index is 0.233. The quantitative estimate of drug-likeness (QED) is 0.805. The third-order valence-corrected chi connectivity index (χ3v) is 3.40. The van der Waals surface area contributed by atoms with Crippen molar-refractivity contribution in [2.75, 3.05) is 12.4 Å². The van der Waals surface area contributed by atoms with Gasteiger partial charge in [0.25, 0.3) is 11.8 Å². The molecule has 0 fully saturated rings. The number of hydrogen-bond acceptors (Lipinski definition) is 2. The van der Waals surface area contributed by atoms with Crippen molar-refractivity contribution in [1.29, 1.82) is 0 Å². The van der Waals surface area contributed by atoms with Crippen LogP contribution in [0.4, 0.5) is 5.69 Å². The van der Waals surface area contributed by atoms with Crippen LogP contribution in [-0.2, 0) is 0 Å². The van der Waals surface area contributed by atoms with Gasteiger partial charge in [0.15, 0.2) is 0 Å². The van der Waals surface area contributed by atoms with Crippen LogP contribution in [0.3, 0.4) is 0 Å². The van der Waals surface area contributed by atoms with Gasteiger partial charge in [0, 0.05) is 16.2 Å². The molecule has 2 N–H and O–H groups in total. The van der Waals surface area contributed by atoms with Gasteiger partial charge in [-0.25, -0.2) is 0 Å². The number of rotatable bonds is 3. The van der Waals surface area contributed by atoms with E-state index < -0.39 is 0 Å². The molecule has 0 bridgehead atoms. The molecule has 0 saturated carbocycles. The van der Waals surface area contributed by atoms with Crippen molar-refractivity contribution in [2.24, 2.45) is 0 Å². The molecule has 0 radical (unpaired) electrons. The summed E-state index contributed by atoms with van der Waals surface area (Å²) in [6.07, 6.45) is 0. The summed E-state index contributed by atoms with van der Waals surface area (Å²) in [7, 11) is 1.56.